The normalized spacial score (nSPS) is 21.5. The Morgan fingerprint density at radius 1 is 1.38 bits per heavy atom. The highest BCUT2D eigenvalue weighted by molar-refractivity contribution is 7.80. The topological polar surface area (TPSA) is 29.5 Å². The number of anilines is 1. The maximum Gasteiger partial charge on any atom is 0.256 e. The average Bonchev–Trinajstić information content (AvgIpc) is 3.17. The zero-order valence-electron chi connectivity index (χ0n) is 13.9. The summed E-state index contributed by atoms with van der Waals surface area (Å²) in [6.45, 7) is 6.96. The van der Waals surface area contributed by atoms with Gasteiger partial charge >= 0.3 is 0 Å². The monoisotopic (exact) mass is 377 g/mol. The van der Waals surface area contributed by atoms with Gasteiger partial charge in [-0.05, 0) is 45.2 Å². The van der Waals surface area contributed by atoms with Gasteiger partial charge < -0.3 is 4.74 Å². The van der Waals surface area contributed by atoms with E-state index in [0.29, 0.717) is 6.61 Å². The molecule has 2 aliphatic heterocycles. The average molecular weight is 378 g/mol. The van der Waals surface area contributed by atoms with Crippen molar-refractivity contribution in [2.45, 2.75) is 45.3 Å². The van der Waals surface area contributed by atoms with Crippen molar-refractivity contribution in [3.63, 3.8) is 0 Å². The molecule has 0 saturated carbocycles. The van der Waals surface area contributed by atoms with Crippen molar-refractivity contribution in [2.75, 3.05) is 11.5 Å². The van der Waals surface area contributed by atoms with Crippen LogP contribution in [0.4, 0.5) is 5.69 Å². The van der Waals surface area contributed by atoms with Crippen LogP contribution in [-0.4, -0.2) is 18.6 Å². The number of benzene rings is 1. The van der Waals surface area contributed by atoms with Gasteiger partial charge in [0.05, 0.1) is 16.1 Å². The number of nitrogens with zero attached hydrogens (tertiary/aromatic N) is 1. The second kappa shape index (κ2) is 5.73. The minimum Gasteiger partial charge on any atom is -0.368 e. The van der Waals surface area contributed by atoms with Crippen LogP contribution in [0.25, 0.3) is 11.1 Å². The first-order chi connectivity index (χ1) is 11.4. The van der Waals surface area contributed by atoms with Crippen molar-refractivity contribution in [1.82, 2.24) is 0 Å². The van der Waals surface area contributed by atoms with Crippen LogP contribution in [0.2, 0.25) is 0 Å². The molecule has 6 heteroatoms. The van der Waals surface area contributed by atoms with E-state index in [0.717, 1.165) is 39.0 Å². The lowest BCUT2D eigenvalue weighted by Crippen LogP contribution is -2.51. The molecule has 0 bridgehead atoms. The van der Waals surface area contributed by atoms with Crippen LogP contribution in [0.15, 0.2) is 18.2 Å². The third-order valence-electron chi connectivity index (χ3n) is 4.84. The second-order valence-corrected chi connectivity index (χ2v) is 9.73. The number of carbonyl (C=O) groups is 1. The molecule has 3 nitrogen and oxygen atoms in total. The Bertz CT molecular complexity index is 875. The number of hydrogen-bond donors (Lipinski definition) is 0. The van der Waals surface area contributed by atoms with Crippen LogP contribution in [0.5, 0.6) is 0 Å². The largest absolute Gasteiger partial charge is 0.368 e. The Labute approximate surface area is 154 Å². The maximum absolute atomic E-state index is 13.3. The van der Waals surface area contributed by atoms with Crippen LogP contribution in [-0.2, 0) is 15.1 Å². The fourth-order valence-electron chi connectivity index (χ4n) is 3.65. The third-order valence-corrected chi connectivity index (χ3v) is 8.17. The van der Waals surface area contributed by atoms with Crippen molar-refractivity contribution in [2.24, 2.45) is 0 Å². The number of rotatable bonds is 1. The SMILES string of the molecule is Cc1ccc2c(c1)N(C(=O)C1CCCO1)C(C)(C)c1ssc(=S)c1-2. The molecule has 2 aromatic rings. The summed E-state index contributed by atoms with van der Waals surface area (Å²) in [6.07, 6.45) is 1.43. The number of amides is 1. The van der Waals surface area contributed by atoms with E-state index in [9.17, 15) is 4.79 Å². The predicted molar refractivity (Wildman–Crippen MR) is 103 cm³/mol. The van der Waals surface area contributed by atoms with E-state index in [1.54, 1.807) is 20.7 Å². The molecule has 0 aliphatic carbocycles. The Morgan fingerprint density at radius 2 is 2.17 bits per heavy atom. The molecule has 24 heavy (non-hydrogen) atoms. The van der Waals surface area contributed by atoms with Crippen LogP contribution < -0.4 is 4.90 Å². The summed E-state index contributed by atoms with van der Waals surface area (Å²) >= 11 is 5.60. The van der Waals surface area contributed by atoms with Gasteiger partial charge in [-0.25, -0.2) is 0 Å². The summed E-state index contributed by atoms with van der Waals surface area (Å²) in [7, 11) is 3.32. The summed E-state index contributed by atoms with van der Waals surface area (Å²) < 4.78 is 6.61. The molecule has 1 aromatic heterocycles. The highest BCUT2D eigenvalue weighted by Gasteiger charge is 2.45. The number of carbonyl (C=O) groups excluding carboxylic acids is 1. The first-order valence-corrected chi connectivity index (χ1v) is 10.7. The maximum atomic E-state index is 13.3. The van der Waals surface area contributed by atoms with Crippen LogP contribution in [0.3, 0.4) is 0 Å². The molecule has 2 aliphatic rings. The van der Waals surface area contributed by atoms with Gasteiger partial charge in [-0.15, -0.1) is 0 Å². The molecule has 1 aromatic carbocycles. The quantitative estimate of drug-likeness (QED) is 0.500. The first kappa shape index (κ1) is 16.4. The van der Waals surface area contributed by atoms with Crippen molar-refractivity contribution in [3.8, 4) is 11.1 Å². The summed E-state index contributed by atoms with van der Waals surface area (Å²) in [5.74, 6) is 0.0688. The van der Waals surface area contributed by atoms with E-state index in [2.05, 4.69) is 39.0 Å². The van der Waals surface area contributed by atoms with E-state index in [1.807, 2.05) is 4.90 Å². The summed E-state index contributed by atoms with van der Waals surface area (Å²) in [5, 5.41) is 0. The van der Waals surface area contributed by atoms with Gasteiger partial charge in [0.15, 0.2) is 0 Å². The van der Waals surface area contributed by atoms with Gasteiger partial charge in [0.1, 0.15) is 9.93 Å². The molecule has 0 radical (unpaired) electrons. The molecule has 0 spiro atoms. The van der Waals surface area contributed by atoms with Crippen molar-refractivity contribution in [1.29, 1.82) is 0 Å². The molecule has 1 saturated heterocycles. The Balaban J connectivity index is 1.95. The molecule has 3 heterocycles. The molecular weight excluding hydrogens is 358 g/mol. The van der Waals surface area contributed by atoms with Gasteiger partial charge in [0, 0.05) is 17.7 Å². The Hall–Kier alpha value is -1.08. The fourth-order valence-corrected chi connectivity index (χ4v) is 6.93. The summed E-state index contributed by atoms with van der Waals surface area (Å²) in [4.78, 5) is 16.4. The van der Waals surface area contributed by atoms with Gasteiger partial charge in [-0.1, -0.05) is 45.0 Å². The van der Waals surface area contributed by atoms with Gasteiger partial charge in [-0.3, -0.25) is 9.69 Å². The van der Waals surface area contributed by atoms with Crippen LogP contribution in [0, 0.1) is 10.7 Å². The molecule has 1 unspecified atom stereocenters. The van der Waals surface area contributed by atoms with E-state index in [-0.39, 0.29) is 12.0 Å². The summed E-state index contributed by atoms with van der Waals surface area (Å²) in [5.41, 5.74) is 3.89. The fraction of sp³-hybridized carbons (Fsp3) is 0.444. The molecule has 4 rings (SSSR count). The molecular formula is C18H19NO2S3. The zero-order chi connectivity index (χ0) is 17.1. The smallest absolute Gasteiger partial charge is 0.256 e. The first-order valence-electron chi connectivity index (χ1n) is 8.11. The summed E-state index contributed by atoms with van der Waals surface area (Å²) in [6, 6.07) is 6.29. The van der Waals surface area contributed by atoms with Gasteiger partial charge in [0.25, 0.3) is 5.91 Å². The lowest BCUT2D eigenvalue weighted by atomic mass is 9.86. The molecule has 1 fully saturated rings. The molecule has 0 N–H and O–H groups in total. The lowest BCUT2D eigenvalue weighted by Gasteiger charge is -2.43. The standard InChI is InChI=1S/C18H19NO2S3/c1-10-6-7-11-12(9-10)19(16(20)13-5-4-8-21-13)18(2,3)15-14(11)17(22)24-23-15/h6-7,9,13H,4-5,8H2,1-3H3. The highest BCUT2D eigenvalue weighted by atomic mass is 32.9. The second-order valence-electron chi connectivity index (χ2n) is 6.91. The van der Waals surface area contributed by atoms with Gasteiger partial charge in [-0.2, -0.15) is 0 Å². The lowest BCUT2D eigenvalue weighted by molar-refractivity contribution is -0.128. The van der Waals surface area contributed by atoms with Gasteiger partial charge in [0.2, 0.25) is 0 Å². The number of ether oxygens (including phenoxy) is 1. The number of hydrogen-bond acceptors (Lipinski definition) is 5. The molecule has 1 atom stereocenters. The predicted octanol–water partition coefficient (Wildman–Crippen LogP) is 5.28. The van der Waals surface area contributed by atoms with E-state index in [1.165, 1.54) is 4.88 Å². The van der Waals surface area contributed by atoms with E-state index < -0.39 is 5.54 Å². The number of aryl methyl sites for hydroxylation is 1. The van der Waals surface area contributed by atoms with Crippen molar-refractivity contribution < 1.29 is 9.53 Å². The number of fused-ring (bicyclic) bond motifs is 3. The van der Waals surface area contributed by atoms with E-state index in [4.69, 9.17) is 17.0 Å². The van der Waals surface area contributed by atoms with Crippen LogP contribution in [0.1, 0.15) is 37.1 Å². The third kappa shape index (κ3) is 2.31. The Kier molecular flexibility index (Phi) is 3.91. The highest BCUT2D eigenvalue weighted by Crippen LogP contribution is 2.52. The molecule has 126 valence electrons. The van der Waals surface area contributed by atoms with Crippen molar-refractivity contribution >= 4 is 44.5 Å². The van der Waals surface area contributed by atoms with E-state index >= 15 is 0 Å². The van der Waals surface area contributed by atoms with Crippen molar-refractivity contribution in [3.05, 3.63) is 32.5 Å². The van der Waals surface area contributed by atoms with Crippen LogP contribution >= 0.6 is 32.9 Å². The minimum atomic E-state index is -0.419. The zero-order valence-corrected chi connectivity index (χ0v) is 16.4. The molecule has 1 amide bonds. The minimum absolute atomic E-state index is 0.0688. The Morgan fingerprint density at radius 3 is 2.88 bits per heavy atom.